The minimum Gasteiger partial charge on any atom is -0.382 e. The maximum Gasteiger partial charge on any atom is 0.227 e. The molecule has 0 unspecified atom stereocenters. The van der Waals surface area contributed by atoms with Crippen molar-refractivity contribution in [2.45, 2.75) is 52.4 Å². The molecule has 7 heteroatoms. The number of aromatic nitrogens is 1. The molecule has 7 nitrogen and oxygen atoms in total. The molecular weight excluding hydrogens is 354 g/mol. The van der Waals surface area contributed by atoms with Gasteiger partial charge in [0, 0.05) is 45.5 Å². The molecule has 0 saturated heterocycles. The number of hydrogen-bond donors (Lipinski definition) is 3. The van der Waals surface area contributed by atoms with Crippen molar-refractivity contribution in [1.82, 2.24) is 15.6 Å². The second-order valence-corrected chi connectivity index (χ2v) is 7.47. The number of aliphatic imine (C=N–C) groups is 1. The number of guanidine groups is 1. The molecule has 1 aliphatic rings. The molecule has 2 rings (SSSR count). The van der Waals surface area contributed by atoms with Gasteiger partial charge in [-0.05, 0) is 50.7 Å². The highest BCUT2D eigenvalue weighted by molar-refractivity contribution is 5.90. The van der Waals surface area contributed by atoms with E-state index in [9.17, 15) is 4.79 Å². The van der Waals surface area contributed by atoms with E-state index in [0.717, 1.165) is 37.8 Å². The van der Waals surface area contributed by atoms with Crippen LogP contribution in [-0.2, 0) is 9.53 Å². The molecule has 1 fully saturated rings. The maximum atomic E-state index is 12.1. The molecule has 0 bridgehead atoms. The molecule has 156 valence electrons. The summed E-state index contributed by atoms with van der Waals surface area (Å²) >= 11 is 0. The fourth-order valence-corrected chi connectivity index (χ4v) is 3.68. The summed E-state index contributed by atoms with van der Waals surface area (Å²) in [5.41, 5.74) is 1.17. The quantitative estimate of drug-likeness (QED) is 0.325. The Balaban J connectivity index is 1.72. The van der Waals surface area contributed by atoms with Crippen LogP contribution in [-0.4, -0.2) is 50.2 Å². The van der Waals surface area contributed by atoms with Crippen molar-refractivity contribution in [1.29, 1.82) is 0 Å². The van der Waals surface area contributed by atoms with Gasteiger partial charge in [-0.25, -0.2) is 4.98 Å². The molecule has 0 radical (unpaired) electrons. The van der Waals surface area contributed by atoms with E-state index in [4.69, 9.17) is 4.74 Å². The molecule has 1 aromatic rings. The monoisotopic (exact) mass is 389 g/mol. The molecule has 1 aromatic heterocycles. The third kappa shape index (κ3) is 7.46. The van der Waals surface area contributed by atoms with Gasteiger partial charge in [0.15, 0.2) is 5.96 Å². The largest absolute Gasteiger partial charge is 0.382 e. The van der Waals surface area contributed by atoms with Crippen molar-refractivity contribution in [2.75, 3.05) is 38.7 Å². The Morgan fingerprint density at radius 3 is 2.75 bits per heavy atom. The summed E-state index contributed by atoms with van der Waals surface area (Å²) in [6.07, 6.45) is 6.47. The van der Waals surface area contributed by atoms with Gasteiger partial charge in [-0.15, -0.1) is 0 Å². The average molecular weight is 390 g/mol. The van der Waals surface area contributed by atoms with Crippen molar-refractivity contribution in [3.05, 3.63) is 23.9 Å². The molecule has 0 aliphatic heterocycles. The summed E-state index contributed by atoms with van der Waals surface area (Å²) in [6.45, 7) is 6.93. The zero-order valence-corrected chi connectivity index (χ0v) is 17.5. The second-order valence-electron chi connectivity index (χ2n) is 7.47. The fourth-order valence-electron chi connectivity index (χ4n) is 3.68. The van der Waals surface area contributed by atoms with Crippen molar-refractivity contribution < 1.29 is 9.53 Å². The highest BCUT2D eigenvalue weighted by Crippen LogP contribution is 2.40. The van der Waals surface area contributed by atoms with Crippen LogP contribution < -0.4 is 16.0 Å². The Morgan fingerprint density at radius 1 is 1.29 bits per heavy atom. The van der Waals surface area contributed by atoms with E-state index in [0.29, 0.717) is 24.2 Å². The SMILES string of the molecule is CCOCCC1(CNC(=NC)NCCC(=O)Nc2cccc(C)n2)CCCC1. The first-order valence-electron chi connectivity index (χ1n) is 10.3. The van der Waals surface area contributed by atoms with E-state index in [2.05, 4.69) is 25.9 Å². The number of amides is 1. The first-order chi connectivity index (χ1) is 13.6. The van der Waals surface area contributed by atoms with Gasteiger partial charge in [0.25, 0.3) is 0 Å². The highest BCUT2D eigenvalue weighted by Gasteiger charge is 2.33. The van der Waals surface area contributed by atoms with Crippen molar-refractivity contribution in [2.24, 2.45) is 10.4 Å². The fraction of sp³-hybridized carbons (Fsp3) is 0.667. The Labute approximate surface area is 168 Å². The number of carbonyl (C=O) groups excluding carboxylic acids is 1. The molecule has 1 saturated carbocycles. The van der Waals surface area contributed by atoms with E-state index in [1.165, 1.54) is 25.7 Å². The van der Waals surface area contributed by atoms with Crippen molar-refractivity contribution in [3.8, 4) is 0 Å². The number of pyridine rings is 1. The standard InChI is InChI=1S/C21H35N5O2/c1-4-28-15-13-21(11-5-6-12-21)16-24-20(22-3)23-14-10-19(27)26-18-9-7-8-17(2)25-18/h7-9H,4-6,10-16H2,1-3H3,(H2,22,23,24)(H,25,26,27). The first kappa shape index (κ1) is 22.1. The van der Waals surface area contributed by atoms with E-state index in [1.54, 1.807) is 13.1 Å². The van der Waals surface area contributed by atoms with Gasteiger partial charge in [0.1, 0.15) is 5.82 Å². The number of nitrogens with zero attached hydrogens (tertiary/aromatic N) is 2. The minimum absolute atomic E-state index is 0.0648. The van der Waals surface area contributed by atoms with Crippen LogP contribution >= 0.6 is 0 Å². The number of nitrogens with one attached hydrogen (secondary N) is 3. The predicted molar refractivity (Wildman–Crippen MR) is 114 cm³/mol. The summed E-state index contributed by atoms with van der Waals surface area (Å²) in [7, 11) is 1.76. The molecule has 1 amide bonds. The zero-order chi connectivity index (χ0) is 20.2. The molecule has 28 heavy (non-hydrogen) atoms. The lowest BCUT2D eigenvalue weighted by Gasteiger charge is -2.30. The first-order valence-corrected chi connectivity index (χ1v) is 10.3. The molecular formula is C21H35N5O2. The van der Waals surface area contributed by atoms with E-state index < -0.39 is 0 Å². The van der Waals surface area contributed by atoms with Gasteiger partial charge in [-0.3, -0.25) is 9.79 Å². The molecule has 0 aromatic carbocycles. The van der Waals surface area contributed by atoms with Gasteiger partial charge in [0.2, 0.25) is 5.91 Å². The van der Waals surface area contributed by atoms with Crippen LogP contribution in [0.1, 0.15) is 51.1 Å². The second kappa shape index (κ2) is 11.6. The number of carbonyl (C=O) groups is 1. The van der Waals surface area contributed by atoms with Crippen molar-refractivity contribution >= 4 is 17.7 Å². The summed E-state index contributed by atoms with van der Waals surface area (Å²) in [5, 5.41) is 9.50. The van der Waals surface area contributed by atoms with Crippen LogP contribution in [0.25, 0.3) is 0 Å². The number of anilines is 1. The van der Waals surface area contributed by atoms with Gasteiger partial charge in [-0.1, -0.05) is 18.9 Å². The van der Waals surface area contributed by atoms with Crippen LogP contribution in [0.3, 0.4) is 0 Å². The van der Waals surface area contributed by atoms with Crippen LogP contribution in [0.4, 0.5) is 5.82 Å². The van der Waals surface area contributed by atoms with E-state index >= 15 is 0 Å². The number of aryl methyl sites for hydroxylation is 1. The average Bonchev–Trinajstić information content (AvgIpc) is 3.14. The number of ether oxygens (including phenoxy) is 1. The van der Waals surface area contributed by atoms with Crippen LogP contribution in [0.2, 0.25) is 0 Å². The van der Waals surface area contributed by atoms with Gasteiger partial charge in [-0.2, -0.15) is 0 Å². The third-order valence-corrected chi connectivity index (χ3v) is 5.30. The normalized spacial score (nSPS) is 16.0. The number of hydrogen-bond acceptors (Lipinski definition) is 4. The van der Waals surface area contributed by atoms with Crippen LogP contribution in [0.5, 0.6) is 0 Å². The smallest absolute Gasteiger partial charge is 0.227 e. The molecule has 1 heterocycles. The predicted octanol–water partition coefficient (Wildman–Crippen LogP) is 2.87. The lowest BCUT2D eigenvalue weighted by atomic mass is 9.83. The zero-order valence-electron chi connectivity index (χ0n) is 17.5. The summed E-state index contributed by atoms with van der Waals surface area (Å²) in [6, 6.07) is 5.58. The Morgan fingerprint density at radius 2 is 2.07 bits per heavy atom. The topological polar surface area (TPSA) is 87.6 Å². The molecule has 0 spiro atoms. The Kier molecular flexibility index (Phi) is 9.20. The minimum atomic E-state index is -0.0648. The van der Waals surface area contributed by atoms with E-state index in [1.807, 2.05) is 26.0 Å². The lowest BCUT2D eigenvalue weighted by molar-refractivity contribution is -0.116. The molecule has 1 aliphatic carbocycles. The van der Waals surface area contributed by atoms with E-state index in [-0.39, 0.29) is 5.91 Å². The van der Waals surface area contributed by atoms with Crippen molar-refractivity contribution in [3.63, 3.8) is 0 Å². The third-order valence-electron chi connectivity index (χ3n) is 5.30. The molecule has 3 N–H and O–H groups in total. The van der Waals surface area contributed by atoms with Gasteiger partial charge >= 0.3 is 0 Å². The lowest BCUT2D eigenvalue weighted by Crippen LogP contribution is -2.44. The number of rotatable bonds is 10. The van der Waals surface area contributed by atoms with Crippen LogP contribution in [0, 0.1) is 12.3 Å². The highest BCUT2D eigenvalue weighted by atomic mass is 16.5. The summed E-state index contributed by atoms with van der Waals surface area (Å²) in [4.78, 5) is 20.7. The maximum absolute atomic E-state index is 12.1. The van der Waals surface area contributed by atoms with Crippen LogP contribution in [0.15, 0.2) is 23.2 Å². The van der Waals surface area contributed by atoms with Gasteiger partial charge in [0.05, 0.1) is 0 Å². The Bertz CT molecular complexity index is 641. The molecule has 0 atom stereocenters. The summed E-state index contributed by atoms with van der Waals surface area (Å²) in [5.74, 6) is 1.26. The van der Waals surface area contributed by atoms with Gasteiger partial charge < -0.3 is 20.7 Å². The Hall–Kier alpha value is -2.15. The summed E-state index contributed by atoms with van der Waals surface area (Å²) < 4.78 is 5.58.